The van der Waals surface area contributed by atoms with Gasteiger partial charge in [0.05, 0.1) is 16.6 Å². The van der Waals surface area contributed by atoms with Gasteiger partial charge in [0.25, 0.3) is 5.91 Å². The highest BCUT2D eigenvalue weighted by atomic mass is 35.5. The van der Waals surface area contributed by atoms with E-state index in [1.807, 2.05) is 16.3 Å². The standard InChI is InChI=1S/C15H13Cl2NOS/c16-10-5-6-12(17)11(9-10)15(19)18-7-1-3-13(18)14-4-2-8-20-14/h2,4-6,8-9,13H,1,3,7H2. The first kappa shape index (κ1) is 13.9. The number of nitrogens with zero attached hydrogens (tertiary/aromatic N) is 1. The van der Waals surface area contributed by atoms with Gasteiger partial charge >= 0.3 is 0 Å². The van der Waals surface area contributed by atoms with Crippen LogP contribution in [0, 0.1) is 0 Å². The van der Waals surface area contributed by atoms with E-state index in [4.69, 9.17) is 23.2 Å². The lowest BCUT2D eigenvalue weighted by atomic mass is 10.1. The molecule has 0 bridgehead atoms. The Labute approximate surface area is 131 Å². The molecule has 0 N–H and O–H groups in total. The van der Waals surface area contributed by atoms with Crippen molar-refractivity contribution in [3.05, 3.63) is 56.2 Å². The van der Waals surface area contributed by atoms with Crippen LogP contribution in [0.4, 0.5) is 0 Å². The minimum Gasteiger partial charge on any atom is -0.331 e. The van der Waals surface area contributed by atoms with Crippen molar-refractivity contribution in [1.82, 2.24) is 4.90 Å². The maximum absolute atomic E-state index is 12.7. The topological polar surface area (TPSA) is 20.3 Å². The molecule has 104 valence electrons. The van der Waals surface area contributed by atoms with Crippen molar-refractivity contribution in [3.8, 4) is 0 Å². The second-order valence-electron chi connectivity index (χ2n) is 4.80. The van der Waals surface area contributed by atoms with Gasteiger partial charge in [-0.05, 0) is 42.5 Å². The van der Waals surface area contributed by atoms with Crippen LogP contribution in [-0.2, 0) is 0 Å². The molecule has 2 aromatic rings. The number of carbonyl (C=O) groups is 1. The molecular weight excluding hydrogens is 313 g/mol. The molecule has 0 aliphatic carbocycles. The molecule has 5 heteroatoms. The molecule has 1 aliphatic rings. The minimum absolute atomic E-state index is 0.0339. The van der Waals surface area contributed by atoms with Crippen LogP contribution in [0.5, 0.6) is 0 Å². The lowest BCUT2D eigenvalue weighted by Crippen LogP contribution is -2.30. The molecule has 0 saturated carbocycles. The maximum atomic E-state index is 12.7. The fraction of sp³-hybridized carbons (Fsp3) is 0.267. The molecule has 1 atom stereocenters. The lowest BCUT2D eigenvalue weighted by molar-refractivity contribution is 0.0738. The van der Waals surface area contributed by atoms with Gasteiger partial charge in [0.2, 0.25) is 0 Å². The van der Waals surface area contributed by atoms with Crippen molar-refractivity contribution >= 4 is 40.4 Å². The maximum Gasteiger partial charge on any atom is 0.255 e. The van der Waals surface area contributed by atoms with Crippen LogP contribution in [-0.4, -0.2) is 17.4 Å². The Morgan fingerprint density at radius 2 is 2.15 bits per heavy atom. The highest BCUT2D eigenvalue weighted by Crippen LogP contribution is 2.36. The molecule has 0 radical (unpaired) electrons. The summed E-state index contributed by atoms with van der Waals surface area (Å²) in [6.07, 6.45) is 2.02. The Morgan fingerprint density at radius 1 is 1.30 bits per heavy atom. The monoisotopic (exact) mass is 325 g/mol. The van der Waals surface area contributed by atoms with Crippen molar-refractivity contribution in [2.45, 2.75) is 18.9 Å². The van der Waals surface area contributed by atoms with Crippen molar-refractivity contribution < 1.29 is 4.79 Å². The molecule has 3 rings (SSSR count). The summed E-state index contributed by atoms with van der Waals surface area (Å²) in [5.74, 6) is -0.0339. The molecule has 1 aromatic carbocycles. The minimum atomic E-state index is -0.0339. The van der Waals surface area contributed by atoms with E-state index in [2.05, 4.69) is 6.07 Å². The predicted molar refractivity (Wildman–Crippen MR) is 83.8 cm³/mol. The van der Waals surface area contributed by atoms with Crippen LogP contribution in [0.25, 0.3) is 0 Å². The molecule has 1 unspecified atom stereocenters. The smallest absolute Gasteiger partial charge is 0.255 e. The molecule has 1 saturated heterocycles. The molecule has 0 spiro atoms. The van der Waals surface area contributed by atoms with Gasteiger partial charge in [-0.15, -0.1) is 11.3 Å². The van der Waals surface area contributed by atoms with Gasteiger partial charge in [0.15, 0.2) is 0 Å². The van der Waals surface area contributed by atoms with Gasteiger partial charge in [-0.25, -0.2) is 0 Å². The van der Waals surface area contributed by atoms with Crippen molar-refractivity contribution in [2.24, 2.45) is 0 Å². The zero-order valence-corrected chi connectivity index (χ0v) is 13.0. The number of hydrogen-bond donors (Lipinski definition) is 0. The molecule has 1 amide bonds. The Morgan fingerprint density at radius 3 is 2.90 bits per heavy atom. The number of likely N-dealkylation sites (tertiary alicyclic amines) is 1. The number of carbonyl (C=O) groups excluding carboxylic acids is 1. The summed E-state index contributed by atoms with van der Waals surface area (Å²) in [6, 6.07) is 9.29. The van der Waals surface area contributed by atoms with E-state index in [0.29, 0.717) is 15.6 Å². The third kappa shape index (κ3) is 2.58. The SMILES string of the molecule is O=C(c1cc(Cl)ccc1Cl)N1CCCC1c1cccs1. The van der Waals surface area contributed by atoms with Gasteiger partial charge in [-0.3, -0.25) is 4.79 Å². The highest BCUT2D eigenvalue weighted by Gasteiger charge is 2.32. The predicted octanol–water partition coefficient (Wildman–Crippen LogP) is 5.03. The number of halogens is 2. The second kappa shape index (κ2) is 5.76. The summed E-state index contributed by atoms with van der Waals surface area (Å²) in [7, 11) is 0. The molecule has 2 heterocycles. The summed E-state index contributed by atoms with van der Waals surface area (Å²) in [6.45, 7) is 0.768. The van der Waals surface area contributed by atoms with Crippen LogP contribution < -0.4 is 0 Å². The number of benzene rings is 1. The first-order valence-corrected chi connectivity index (χ1v) is 8.10. The Bertz CT molecular complexity index is 627. The van der Waals surface area contributed by atoms with Gasteiger partial charge in [0.1, 0.15) is 0 Å². The Hall–Kier alpha value is -1.03. The van der Waals surface area contributed by atoms with E-state index in [9.17, 15) is 4.79 Å². The van der Waals surface area contributed by atoms with Crippen LogP contribution >= 0.6 is 34.5 Å². The lowest BCUT2D eigenvalue weighted by Gasteiger charge is -2.24. The van der Waals surface area contributed by atoms with Gasteiger partial charge in [-0.2, -0.15) is 0 Å². The first-order chi connectivity index (χ1) is 9.66. The van der Waals surface area contributed by atoms with Crippen LogP contribution in [0.3, 0.4) is 0 Å². The van der Waals surface area contributed by atoms with Crippen molar-refractivity contribution in [3.63, 3.8) is 0 Å². The average Bonchev–Trinajstić information content (AvgIpc) is 3.10. The summed E-state index contributed by atoms with van der Waals surface area (Å²) in [5, 5.41) is 3.03. The second-order valence-corrected chi connectivity index (χ2v) is 6.62. The molecule has 1 aromatic heterocycles. The summed E-state index contributed by atoms with van der Waals surface area (Å²) in [4.78, 5) is 15.8. The third-order valence-corrected chi connectivity index (χ3v) is 5.08. The van der Waals surface area contributed by atoms with Crippen LogP contribution in [0.2, 0.25) is 10.0 Å². The molecular formula is C15H13Cl2NOS. The Kier molecular flexibility index (Phi) is 4.01. The zero-order chi connectivity index (χ0) is 14.1. The van der Waals surface area contributed by atoms with Crippen LogP contribution in [0.15, 0.2) is 35.7 Å². The van der Waals surface area contributed by atoms with Crippen molar-refractivity contribution in [2.75, 3.05) is 6.54 Å². The summed E-state index contributed by atoms with van der Waals surface area (Å²) >= 11 is 13.8. The number of thiophene rings is 1. The Balaban J connectivity index is 1.91. The van der Waals surface area contributed by atoms with E-state index in [1.165, 1.54) is 4.88 Å². The molecule has 1 fully saturated rings. The average molecular weight is 326 g/mol. The zero-order valence-electron chi connectivity index (χ0n) is 10.7. The van der Waals surface area contributed by atoms with E-state index >= 15 is 0 Å². The fourth-order valence-electron chi connectivity index (χ4n) is 2.60. The first-order valence-electron chi connectivity index (χ1n) is 6.46. The number of rotatable bonds is 2. The summed E-state index contributed by atoms with van der Waals surface area (Å²) in [5.41, 5.74) is 0.489. The third-order valence-electron chi connectivity index (χ3n) is 3.54. The van der Waals surface area contributed by atoms with Crippen LogP contribution in [0.1, 0.15) is 34.1 Å². The van der Waals surface area contributed by atoms with Crippen molar-refractivity contribution in [1.29, 1.82) is 0 Å². The summed E-state index contributed by atoms with van der Waals surface area (Å²) < 4.78 is 0. The van der Waals surface area contributed by atoms with E-state index in [-0.39, 0.29) is 11.9 Å². The highest BCUT2D eigenvalue weighted by molar-refractivity contribution is 7.10. The normalized spacial score (nSPS) is 18.5. The molecule has 20 heavy (non-hydrogen) atoms. The quantitative estimate of drug-likeness (QED) is 0.758. The van der Waals surface area contributed by atoms with E-state index < -0.39 is 0 Å². The van der Waals surface area contributed by atoms with E-state index in [1.54, 1.807) is 29.5 Å². The van der Waals surface area contributed by atoms with Gasteiger partial charge in [-0.1, -0.05) is 29.3 Å². The van der Waals surface area contributed by atoms with E-state index in [0.717, 1.165) is 19.4 Å². The van der Waals surface area contributed by atoms with Gasteiger partial charge < -0.3 is 4.90 Å². The molecule has 2 nitrogen and oxygen atoms in total. The molecule has 1 aliphatic heterocycles. The largest absolute Gasteiger partial charge is 0.331 e. The van der Waals surface area contributed by atoms with Gasteiger partial charge in [0, 0.05) is 16.4 Å². The fourth-order valence-corrected chi connectivity index (χ4v) is 3.85. The number of amides is 1. The number of hydrogen-bond acceptors (Lipinski definition) is 2.